The standard InChI is InChI=1S/C17H31/c1-13-5-7-14(8-6-13)15-9-11-16(12-10-15)17(2,3)4/h13,15-16H,5-12H2,1-4H3. The van der Waals surface area contributed by atoms with E-state index in [1.54, 1.807) is 0 Å². The second-order valence-corrected chi connectivity index (χ2v) is 7.76. The highest BCUT2D eigenvalue weighted by molar-refractivity contribution is 5.01. The molecule has 2 aliphatic carbocycles. The highest BCUT2D eigenvalue weighted by atomic mass is 14.4. The molecule has 0 aromatic carbocycles. The first-order chi connectivity index (χ1) is 7.97. The van der Waals surface area contributed by atoms with Crippen molar-refractivity contribution in [2.24, 2.45) is 23.2 Å². The summed E-state index contributed by atoms with van der Waals surface area (Å²) in [7, 11) is 0. The molecule has 0 unspecified atom stereocenters. The predicted molar refractivity (Wildman–Crippen MR) is 75.8 cm³/mol. The Kier molecular flexibility index (Phi) is 4.21. The van der Waals surface area contributed by atoms with Crippen LogP contribution in [0.3, 0.4) is 0 Å². The van der Waals surface area contributed by atoms with Crippen LogP contribution >= 0.6 is 0 Å². The molecular weight excluding hydrogens is 204 g/mol. The third kappa shape index (κ3) is 3.48. The lowest BCUT2D eigenvalue weighted by Crippen LogP contribution is -2.29. The van der Waals surface area contributed by atoms with E-state index < -0.39 is 0 Å². The third-order valence-corrected chi connectivity index (χ3v) is 5.45. The number of hydrogen-bond donors (Lipinski definition) is 0. The largest absolute Gasteiger partial charge is 0.0625 e. The van der Waals surface area contributed by atoms with E-state index in [-0.39, 0.29) is 0 Å². The first-order valence-corrected chi connectivity index (χ1v) is 7.81. The molecule has 0 aromatic rings. The second-order valence-electron chi connectivity index (χ2n) is 7.76. The van der Waals surface area contributed by atoms with Gasteiger partial charge >= 0.3 is 0 Å². The zero-order valence-corrected chi connectivity index (χ0v) is 12.4. The molecule has 99 valence electrons. The monoisotopic (exact) mass is 235 g/mol. The molecule has 0 saturated heterocycles. The smallest absolute Gasteiger partial charge is 0.0210 e. The Morgan fingerprint density at radius 3 is 1.82 bits per heavy atom. The molecule has 0 spiro atoms. The van der Waals surface area contributed by atoms with Crippen molar-refractivity contribution in [3.05, 3.63) is 5.92 Å². The Hall–Kier alpha value is 0. The Bertz CT molecular complexity index is 219. The van der Waals surface area contributed by atoms with Crippen LogP contribution in [0.15, 0.2) is 0 Å². The highest BCUT2D eigenvalue weighted by Gasteiger charge is 2.33. The molecule has 1 radical (unpaired) electrons. The first kappa shape index (κ1) is 13.4. The van der Waals surface area contributed by atoms with E-state index >= 15 is 0 Å². The summed E-state index contributed by atoms with van der Waals surface area (Å²) in [4.78, 5) is 0. The molecule has 2 fully saturated rings. The van der Waals surface area contributed by atoms with Gasteiger partial charge in [-0.2, -0.15) is 0 Å². The molecule has 0 aliphatic heterocycles. The molecule has 0 atom stereocenters. The molecule has 2 rings (SSSR count). The fourth-order valence-corrected chi connectivity index (χ4v) is 3.91. The molecule has 0 nitrogen and oxygen atoms in total. The van der Waals surface area contributed by atoms with E-state index in [0.29, 0.717) is 5.41 Å². The number of hydrogen-bond acceptors (Lipinski definition) is 0. The van der Waals surface area contributed by atoms with Gasteiger partial charge in [-0.15, -0.1) is 0 Å². The summed E-state index contributed by atoms with van der Waals surface area (Å²) in [6, 6.07) is 0. The summed E-state index contributed by atoms with van der Waals surface area (Å²) >= 11 is 0. The van der Waals surface area contributed by atoms with Crippen LogP contribution in [-0.2, 0) is 0 Å². The van der Waals surface area contributed by atoms with Gasteiger partial charge in [0.1, 0.15) is 0 Å². The molecule has 0 bridgehead atoms. The van der Waals surface area contributed by atoms with Gasteiger partial charge in [-0.1, -0.05) is 40.5 Å². The van der Waals surface area contributed by atoms with Gasteiger partial charge in [0.05, 0.1) is 0 Å². The van der Waals surface area contributed by atoms with Crippen molar-refractivity contribution >= 4 is 0 Å². The minimum atomic E-state index is 0.538. The van der Waals surface area contributed by atoms with Crippen LogP contribution < -0.4 is 0 Å². The van der Waals surface area contributed by atoms with Gasteiger partial charge < -0.3 is 0 Å². The summed E-state index contributed by atoms with van der Waals surface area (Å²) in [6.45, 7) is 9.70. The lowest BCUT2D eigenvalue weighted by atomic mass is 9.65. The SMILES string of the molecule is CC1CC[C](C2CCC(C(C)(C)C)CC2)CC1. The Morgan fingerprint density at radius 2 is 1.35 bits per heavy atom. The van der Waals surface area contributed by atoms with Crippen LogP contribution in [0.1, 0.15) is 79.1 Å². The summed E-state index contributed by atoms with van der Waals surface area (Å²) in [6.07, 6.45) is 11.8. The molecule has 2 saturated carbocycles. The van der Waals surface area contributed by atoms with Crippen molar-refractivity contribution in [1.29, 1.82) is 0 Å². The van der Waals surface area contributed by atoms with Crippen LogP contribution in [0.5, 0.6) is 0 Å². The van der Waals surface area contributed by atoms with Crippen LogP contribution in [0.25, 0.3) is 0 Å². The van der Waals surface area contributed by atoms with E-state index in [1.807, 2.05) is 5.92 Å². The third-order valence-electron chi connectivity index (χ3n) is 5.45. The molecule has 0 aromatic heterocycles. The van der Waals surface area contributed by atoms with Gasteiger partial charge in [-0.3, -0.25) is 0 Å². The molecule has 0 heteroatoms. The first-order valence-electron chi connectivity index (χ1n) is 7.81. The maximum Gasteiger partial charge on any atom is -0.0210 e. The van der Waals surface area contributed by atoms with Crippen molar-refractivity contribution < 1.29 is 0 Å². The van der Waals surface area contributed by atoms with Gasteiger partial charge in [0.25, 0.3) is 0 Å². The lowest BCUT2D eigenvalue weighted by Gasteiger charge is -2.41. The molecule has 0 heterocycles. The van der Waals surface area contributed by atoms with Gasteiger partial charge in [-0.25, -0.2) is 0 Å². The fourth-order valence-electron chi connectivity index (χ4n) is 3.91. The Balaban J connectivity index is 1.79. The molecular formula is C17H31. The molecule has 0 amide bonds. The lowest BCUT2D eigenvalue weighted by molar-refractivity contribution is 0.146. The van der Waals surface area contributed by atoms with Crippen molar-refractivity contribution in [3.8, 4) is 0 Å². The predicted octanol–water partition coefficient (Wildman–Crippen LogP) is 5.62. The summed E-state index contributed by atoms with van der Waals surface area (Å²) in [5, 5.41) is 0. The van der Waals surface area contributed by atoms with Crippen molar-refractivity contribution in [3.63, 3.8) is 0 Å². The summed E-state index contributed by atoms with van der Waals surface area (Å²) in [5.74, 6) is 4.91. The maximum atomic E-state index is 2.42. The van der Waals surface area contributed by atoms with Crippen molar-refractivity contribution in [1.82, 2.24) is 0 Å². The normalized spacial score (nSPS) is 33.9. The van der Waals surface area contributed by atoms with Gasteiger partial charge in [0.15, 0.2) is 0 Å². The van der Waals surface area contributed by atoms with Crippen LogP contribution in [0.2, 0.25) is 0 Å². The number of rotatable bonds is 1. The maximum absolute atomic E-state index is 2.42. The quantitative estimate of drug-likeness (QED) is 0.553. The zero-order valence-electron chi connectivity index (χ0n) is 12.4. The highest BCUT2D eigenvalue weighted by Crippen LogP contribution is 2.46. The molecule has 0 N–H and O–H groups in total. The van der Waals surface area contributed by atoms with E-state index in [4.69, 9.17) is 0 Å². The van der Waals surface area contributed by atoms with Crippen LogP contribution in [0.4, 0.5) is 0 Å². The summed E-state index contributed by atoms with van der Waals surface area (Å²) in [5.41, 5.74) is 0.538. The van der Waals surface area contributed by atoms with Crippen LogP contribution in [-0.4, -0.2) is 0 Å². The van der Waals surface area contributed by atoms with Gasteiger partial charge in [0.2, 0.25) is 0 Å². The Labute approximate surface area is 109 Å². The second kappa shape index (κ2) is 5.33. The fraction of sp³-hybridized carbons (Fsp3) is 0.941. The van der Waals surface area contributed by atoms with E-state index in [9.17, 15) is 0 Å². The van der Waals surface area contributed by atoms with Gasteiger partial charge in [0, 0.05) is 0 Å². The van der Waals surface area contributed by atoms with Gasteiger partial charge in [-0.05, 0) is 67.6 Å². The average Bonchev–Trinajstić information content (AvgIpc) is 2.29. The minimum absolute atomic E-state index is 0.538. The van der Waals surface area contributed by atoms with E-state index in [0.717, 1.165) is 17.8 Å². The average molecular weight is 235 g/mol. The van der Waals surface area contributed by atoms with Crippen molar-refractivity contribution in [2.45, 2.75) is 79.1 Å². The Morgan fingerprint density at radius 1 is 0.824 bits per heavy atom. The molecule has 2 aliphatic rings. The van der Waals surface area contributed by atoms with Crippen molar-refractivity contribution in [2.75, 3.05) is 0 Å². The minimum Gasteiger partial charge on any atom is -0.0625 e. The van der Waals surface area contributed by atoms with Crippen LogP contribution in [0, 0.1) is 29.1 Å². The molecule has 17 heavy (non-hydrogen) atoms. The zero-order chi connectivity index (χ0) is 12.5. The summed E-state index contributed by atoms with van der Waals surface area (Å²) < 4.78 is 0. The topological polar surface area (TPSA) is 0 Å². The van der Waals surface area contributed by atoms with E-state index in [2.05, 4.69) is 27.7 Å². The van der Waals surface area contributed by atoms with E-state index in [1.165, 1.54) is 51.4 Å².